The lowest BCUT2D eigenvalue weighted by Gasteiger charge is -2.19. The summed E-state index contributed by atoms with van der Waals surface area (Å²) in [6.45, 7) is 0. The van der Waals surface area contributed by atoms with Gasteiger partial charge in [-0.25, -0.2) is 18.2 Å². The standard InChI is InChI=1S/C16H11F3N2/c1-21(15-9-12(18)11(17)8-13(15)19)16-7-6-10-4-2-3-5-14(10)20-16/h2-9H,1H3. The molecular weight excluding hydrogens is 277 g/mol. The molecule has 0 spiro atoms. The lowest BCUT2D eigenvalue weighted by atomic mass is 10.2. The number of rotatable bonds is 2. The summed E-state index contributed by atoms with van der Waals surface area (Å²) in [6.07, 6.45) is 0. The van der Waals surface area contributed by atoms with Crippen LogP contribution in [0.3, 0.4) is 0 Å². The van der Waals surface area contributed by atoms with Gasteiger partial charge >= 0.3 is 0 Å². The molecule has 0 unspecified atom stereocenters. The summed E-state index contributed by atoms with van der Waals surface area (Å²) < 4.78 is 40.1. The third-order valence-corrected chi connectivity index (χ3v) is 3.28. The van der Waals surface area contributed by atoms with Crippen LogP contribution in [0.2, 0.25) is 0 Å². The molecule has 2 nitrogen and oxygen atoms in total. The molecule has 1 aromatic heterocycles. The molecule has 0 saturated carbocycles. The summed E-state index contributed by atoms with van der Waals surface area (Å²) in [6, 6.07) is 12.4. The summed E-state index contributed by atoms with van der Waals surface area (Å²) in [5.41, 5.74) is 0.668. The molecule has 0 aliphatic carbocycles. The Morgan fingerprint density at radius 1 is 0.857 bits per heavy atom. The second-order valence-electron chi connectivity index (χ2n) is 4.64. The van der Waals surface area contributed by atoms with Crippen LogP contribution >= 0.6 is 0 Å². The van der Waals surface area contributed by atoms with Gasteiger partial charge in [-0.3, -0.25) is 0 Å². The van der Waals surface area contributed by atoms with Crippen LogP contribution in [-0.2, 0) is 0 Å². The van der Waals surface area contributed by atoms with Gasteiger partial charge in [0.15, 0.2) is 11.6 Å². The predicted molar refractivity (Wildman–Crippen MR) is 76.1 cm³/mol. The molecule has 0 bridgehead atoms. The Labute approximate surface area is 119 Å². The number of fused-ring (bicyclic) bond motifs is 1. The number of pyridine rings is 1. The summed E-state index contributed by atoms with van der Waals surface area (Å²) in [5, 5.41) is 0.945. The SMILES string of the molecule is CN(c1ccc2ccccc2n1)c1cc(F)c(F)cc1F. The van der Waals surface area contributed by atoms with E-state index in [9.17, 15) is 13.2 Å². The minimum absolute atomic E-state index is 0.0725. The molecule has 3 aromatic rings. The van der Waals surface area contributed by atoms with Gasteiger partial charge in [0.05, 0.1) is 11.2 Å². The number of para-hydroxylation sites is 1. The van der Waals surface area contributed by atoms with Crippen molar-refractivity contribution in [3.63, 3.8) is 0 Å². The van der Waals surface area contributed by atoms with Gasteiger partial charge < -0.3 is 4.90 Å². The molecule has 0 atom stereocenters. The lowest BCUT2D eigenvalue weighted by Crippen LogP contribution is -2.13. The number of hydrogen-bond donors (Lipinski definition) is 0. The van der Waals surface area contributed by atoms with E-state index in [2.05, 4.69) is 4.98 Å². The van der Waals surface area contributed by atoms with Crippen molar-refractivity contribution in [2.75, 3.05) is 11.9 Å². The molecule has 21 heavy (non-hydrogen) atoms. The molecule has 3 rings (SSSR count). The first-order valence-electron chi connectivity index (χ1n) is 6.30. The maximum Gasteiger partial charge on any atom is 0.161 e. The highest BCUT2D eigenvalue weighted by molar-refractivity contribution is 5.81. The average molecular weight is 288 g/mol. The van der Waals surface area contributed by atoms with Crippen LogP contribution in [0.25, 0.3) is 10.9 Å². The molecular formula is C16H11F3N2. The highest BCUT2D eigenvalue weighted by atomic mass is 19.2. The second-order valence-corrected chi connectivity index (χ2v) is 4.64. The van der Waals surface area contributed by atoms with Gasteiger partial charge in [0.2, 0.25) is 0 Å². The van der Waals surface area contributed by atoms with Crippen molar-refractivity contribution in [1.29, 1.82) is 0 Å². The van der Waals surface area contributed by atoms with E-state index in [4.69, 9.17) is 0 Å². The molecule has 5 heteroatoms. The number of nitrogens with zero attached hydrogens (tertiary/aromatic N) is 2. The number of anilines is 2. The topological polar surface area (TPSA) is 16.1 Å². The van der Waals surface area contributed by atoms with Crippen molar-refractivity contribution in [2.24, 2.45) is 0 Å². The van der Waals surface area contributed by atoms with E-state index < -0.39 is 17.5 Å². The zero-order valence-electron chi connectivity index (χ0n) is 11.1. The first-order valence-corrected chi connectivity index (χ1v) is 6.30. The highest BCUT2D eigenvalue weighted by Crippen LogP contribution is 2.28. The van der Waals surface area contributed by atoms with Crippen molar-refractivity contribution in [3.8, 4) is 0 Å². The third-order valence-electron chi connectivity index (χ3n) is 3.28. The molecule has 0 aliphatic heterocycles. The number of aromatic nitrogens is 1. The van der Waals surface area contributed by atoms with E-state index in [0.717, 1.165) is 17.0 Å². The third kappa shape index (κ3) is 2.42. The Bertz CT molecular complexity index is 818. The Morgan fingerprint density at radius 3 is 2.38 bits per heavy atom. The largest absolute Gasteiger partial charge is 0.327 e. The fraction of sp³-hybridized carbons (Fsp3) is 0.0625. The van der Waals surface area contributed by atoms with Gasteiger partial charge in [-0.15, -0.1) is 0 Å². The van der Waals surface area contributed by atoms with Gasteiger partial charge in [-0.1, -0.05) is 18.2 Å². The Hall–Kier alpha value is -2.56. The number of halogens is 3. The van der Waals surface area contributed by atoms with Crippen LogP contribution in [0.1, 0.15) is 0 Å². The van der Waals surface area contributed by atoms with E-state index in [1.165, 1.54) is 4.90 Å². The zero-order valence-corrected chi connectivity index (χ0v) is 11.1. The second kappa shape index (κ2) is 5.09. The van der Waals surface area contributed by atoms with Crippen LogP contribution in [0, 0.1) is 17.5 Å². The first-order chi connectivity index (χ1) is 10.1. The molecule has 0 radical (unpaired) electrons. The zero-order chi connectivity index (χ0) is 15.0. The van der Waals surface area contributed by atoms with Crippen LogP contribution in [0.5, 0.6) is 0 Å². The summed E-state index contributed by atoms with van der Waals surface area (Å²) in [5.74, 6) is -2.71. The maximum atomic E-state index is 13.8. The quantitative estimate of drug-likeness (QED) is 0.649. The Kier molecular flexibility index (Phi) is 3.25. The van der Waals surface area contributed by atoms with Crippen molar-refractivity contribution in [2.45, 2.75) is 0 Å². The Morgan fingerprint density at radius 2 is 1.57 bits per heavy atom. The van der Waals surface area contributed by atoms with E-state index in [0.29, 0.717) is 11.9 Å². The summed E-state index contributed by atoms with van der Waals surface area (Å²) in [7, 11) is 1.55. The predicted octanol–water partition coefficient (Wildman–Crippen LogP) is 4.42. The van der Waals surface area contributed by atoms with Gasteiger partial charge in [-0.2, -0.15) is 0 Å². The van der Waals surface area contributed by atoms with Gasteiger partial charge in [-0.05, 0) is 18.2 Å². The lowest BCUT2D eigenvalue weighted by molar-refractivity contribution is 0.495. The summed E-state index contributed by atoms with van der Waals surface area (Å²) in [4.78, 5) is 5.77. The molecule has 2 aromatic carbocycles. The van der Waals surface area contributed by atoms with Gasteiger partial charge in [0, 0.05) is 24.6 Å². The highest BCUT2D eigenvalue weighted by Gasteiger charge is 2.15. The smallest absolute Gasteiger partial charge is 0.161 e. The van der Waals surface area contributed by atoms with Gasteiger partial charge in [0.25, 0.3) is 0 Å². The molecule has 0 fully saturated rings. The normalized spacial score (nSPS) is 10.9. The van der Waals surface area contributed by atoms with Crippen molar-refractivity contribution in [3.05, 3.63) is 66.0 Å². The molecule has 1 heterocycles. The van der Waals surface area contributed by atoms with E-state index >= 15 is 0 Å². The summed E-state index contributed by atoms with van der Waals surface area (Å²) >= 11 is 0. The molecule has 0 aliphatic rings. The van der Waals surface area contributed by atoms with Crippen LogP contribution in [0.4, 0.5) is 24.7 Å². The van der Waals surface area contributed by atoms with Crippen LogP contribution < -0.4 is 4.90 Å². The average Bonchev–Trinajstić information content (AvgIpc) is 2.50. The minimum atomic E-state index is -1.21. The van der Waals surface area contributed by atoms with E-state index in [1.54, 1.807) is 13.1 Å². The van der Waals surface area contributed by atoms with Crippen molar-refractivity contribution in [1.82, 2.24) is 4.98 Å². The molecule has 0 N–H and O–H groups in total. The Balaban J connectivity index is 2.07. The van der Waals surface area contributed by atoms with Crippen LogP contribution in [-0.4, -0.2) is 12.0 Å². The number of benzene rings is 2. The minimum Gasteiger partial charge on any atom is -0.327 e. The molecule has 0 saturated heterocycles. The van der Waals surface area contributed by atoms with Crippen LogP contribution in [0.15, 0.2) is 48.5 Å². The van der Waals surface area contributed by atoms with E-state index in [1.807, 2.05) is 30.3 Å². The first kappa shape index (κ1) is 13.4. The van der Waals surface area contributed by atoms with Crippen molar-refractivity contribution >= 4 is 22.4 Å². The molecule has 106 valence electrons. The van der Waals surface area contributed by atoms with E-state index in [-0.39, 0.29) is 5.69 Å². The monoisotopic (exact) mass is 288 g/mol. The molecule has 0 amide bonds. The maximum absolute atomic E-state index is 13.8. The fourth-order valence-corrected chi connectivity index (χ4v) is 2.13. The number of hydrogen-bond acceptors (Lipinski definition) is 2. The van der Waals surface area contributed by atoms with Crippen molar-refractivity contribution < 1.29 is 13.2 Å². The van der Waals surface area contributed by atoms with Gasteiger partial charge in [0.1, 0.15) is 11.6 Å². The fourth-order valence-electron chi connectivity index (χ4n) is 2.13.